The molecule has 3 rings (SSSR count). The van der Waals surface area contributed by atoms with Crippen LogP contribution < -0.4 is 5.32 Å². The van der Waals surface area contributed by atoms with Crippen LogP contribution in [-0.4, -0.2) is 27.5 Å². The lowest BCUT2D eigenvalue weighted by Gasteiger charge is -2.08. The van der Waals surface area contributed by atoms with Crippen LogP contribution in [0.2, 0.25) is 0 Å². The summed E-state index contributed by atoms with van der Waals surface area (Å²) in [4.78, 5) is 4.27. The second-order valence-electron chi connectivity index (χ2n) is 4.76. The number of aromatic nitrogens is 3. The van der Waals surface area contributed by atoms with E-state index in [-0.39, 0.29) is 0 Å². The molecule has 0 radical (unpaired) electrons. The van der Waals surface area contributed by atoms with Crippen molar-refractivity contribution in [1.82, 2.24) is 14.8 Å². The van der Waals surface area contributed by atoms with Crippen molar-refractivity contribution in [1.29, 1.82) is 0 Å². The Kier molecular flexibility index (Phi) is 3.74. The number of ether oxygens (including phenoxy) is 1. The normalized spacial score (nSPS) is 18.6. The van der Waals surface area contributed by atoms with Crippen molar-refractivity contribution in [3.05, 3.63) is 42.5 Å². The molecule has 1 fully saturated rings. The third kappa shape index (κ3) is 3.32. The molecule has 1 unspecified atom stereocenters. The van der Waals surface area contributed by atoms with E-state index in [0.29, 0.717) is 12.6 Å². The van der Waals surface area contributed by atoms with Gasteiger partial charge in [-0.1, -0.05) is 6.07 Å². The molecule has 5 heteroatoms. The first-order valence-electron chi connectivity index (χ1n) is 6.68. The van der Waals surface area contributed by atoms with Gasteiger partial charge >= 0.3 is 0 Å². The molecule has 2 aromatic heterocycles. The monoisotopic (exact) mass is 258 g/mol. The van der Waals surface area contributed by atoms with Crippen molar-refractivity contribution in [2.75, 3.05) is 11.9 Å². The maximum Gasteiger partial charge on any atom is 0.0771 e. The van der Waals surface area contributed by atoms with E-state index in [1.807, 2.05) is 35.3 Å². The van der Waals surface area contributed by atoms with Crippen LogP contribution in [0.15, 0.2) is 36.8 Å². The quantitative estimate of drug-likeness (QED) is 0.892. The Balaban J connectivity index is 1.53. The number of nitrogens with one attached hydrogen (secondary N) is 1. The van der Waals surface area contributed by atoms with Crippen LogP contribution in [0.1, 0.15) is 18.5 Å². The predicted molar refractivity (Wildman–Crippen MR) is 72.8 cm³/mol. The van der Waals surface area contributed by atoms with Crippen molar-refractivity contribution in [2.45, 2.75) is 32.0 Å². The highest BCUT2D eigenvalue weighted by Crippen LogP contribution is 2.15. The SMILES string of the molecule is c1ccc(CNc2cnn(CC3CCCO3)c2)nc1. The largest absolute Gasteiger partial charge is 0.377 e. The Morgan fingerprint density at radius 2 is 2.42 bits per heavy atom. The molecule has 1 aliphatic heterocycles. The van der Waals surface area contributed by atoms with Gasteiger partial charge in [-0.2, -0.15) is 5.10 Å². The number of nitrogens with zero attached hydrogens (tertiary/aromatic N) is 3. The summed E-state index contributed by atoms with van der Waals surface area (Å²) >= 11 is 0. The minimum Gasteiger partial charge on any atom is -0.377 e. The van der Waals surface area contributed by atoms with Gasteiger partial charge in [0.15, 0.2) is 0 Å². The molecule has 100 valence electrons. The van der Waals surface area contributed by atoms with Gasteiger partial charge < -0.3 is 10.1 Å². The lowest BCUT2D eigenvalue weighted by Crippen LogP contribution is -2.15. The van der Waals surface area contributed by atoms with Crippen molar-refractivity contribution in [3.8, 4) is 0 Å². The maximum atomic E-state index is 5.60. The molecule has 19 heavy (non-hydrogen) atoms. The Bertz CT molecular complexity index is 505. The van der Waals surface area contributed by atoms with Crippen molar-refractivity contribution in [2.24, 2.45) is 0 Å². The fourth-order valence-electron chi connectivity index (χ4n) is 2.25. The summed E-state index contributed by atoms with van der Waals surface area (Å²) in [7, 11) is 0. The summed E-state index contributed by atoms with van der Waals surface area (Å²) < 4.78 is 7.55. The first-order chi connectivity index (χ1) is 9.40. The minimum absolute atomic E-state index is 0.323. The molecule has 0 saturated carbocycles. The molecule has 0 aliphatic carbocycles. The molecule has 2 aromatic rings. The molecule has 0 spiro atoms. The Morgan fingerprint density at radius 1 is 1.42 bits per heavy atom. The van der Waals surface area contributed by atoms with E-state index in [1.54, 1.807) is 6.20 Å². The highest BCUT2D eigenvalue weighted by molar-refractivity contribution is 5.38. The number of rotatable bonds is 5. The lowest BCUT2D eigenvalue weighted by molar-refractivity contribution is 0.0940. The zero-order valence-corrected chi connectivity index (χ0v) is 10.8. The molecule has 5 nitrogen and oxygen atoms in total. The van der Waals surface area contributed by atoms with Gasteiger partial charge in [-0.05, 0) is 25.0 Å². The Morgan fingerprint density at radius 3 is 3.21 bits per heavy atom. The Hall–Kier alpha value is -1.88. The summed E-state index contributed by atoms with van der Waals surface area (Å²) in [6.07, 6.45) is 8.29. The molecule has 1 atom stereocenters. The van der Waals surface area contributed by atoms with Crippen LogP contribution in [0, 0.1) is 0 Å². The summed E-state index contributed by atoms with van der Waals surface area (Å²) in [5.74, 6) is 0. The molecular weight excluding hydrogens is 240 g/mol. The van der Waals surface area contributed by atoms with Crippen LogP contribution in [0.5, 0.6) is 0 Å². The summed E-state index contributed by atoms with van der Waals surface area (Å²) in [5, 5.41) is 7.67. The molecule has 1 aliphatic rings. The van der Waals surface area contributed by atoms with Crippen molar-refractivity contribution >= 4 is 5.69 Å². The summed E-state index contributed by atoms with van der Waals surface area (Å²) in [6, 6.07) is 5.91. The molecule has 0 amide bonds. The van der Waals surface area contributed by atoms with Gasteiger partial charge in [-0.15, -0.1) is 0 Å². The third-order valence-electron chi connectivity index (χ3n) is 3.25. The van der Waals surface area contributed by atoms with Crippen LogP contribution in [-0.2, 0) is 17.8 Å². The first kappa shape index (κ1) is 12.2. The number of hydrogen-bond acceptors (Lipinski definition) is 4. The van der Waals surface area contributed by atoms with Crippen LogP contribution in [0.3, 0.4) is 0 Å². The molecule has 0 aromatic carbocycles. The second kappa shape index (κ2) is 5.84. The van der Waals surface area contributed by atoms with E-state index < -0.39 is 0 Å². The number of hydrogen-bond donors (Lipinski definition) is 1. The van der Waals surface area contributed by atoms with Crippen LogP contribution >= 0.6 is 0 Å². The highest BCUT2D eigenvalue weighted by Gasteiger charge is 2.16. The zero-order chi connectivity index (χ0) is 12.9. The maximum absolute atomic E-state index is 5.60. The van der Waals surface area contributed by atoms with E-state index in [0.717, 1.165) is 37.4 Å². The molecular formula is C14H18N4O. The second-order valence-corrected chi connectivity index (χ2v) is 4.76. The number of pyridine rings is 1. The van der Waals surface area contributed by atoms with Crippen LogP contribution in [0.25, 0.3) is 0 Å². The van der Waals surface area contributed by atoms with E-state index in [9.17, 15) is 0 Å². The zero-order valence-electron chi connectivity index (χ0n) is 10.8. The van der Waals surface area contributed by atoms with Crippen molar-refractivity contribution < 1.29 is 4.74 Å². The van der Waals surface area contributed by atoms with Gasteiger partial charge in [0.1, 0.15) is 0 Å². The fraction of sp³-hybridized carbons (Fsp3) is 0.429. The lowest BCUT2D eigenvalue weighted by atomic mass is 10.2. The highest BCUT2D eigenvalue weighted by atomic mass is 16.5. The Labute approximate surface area is 112 Å². The third-order valence-corrected chi connectivity index (χ3v) is 3.25. The van der Waals surface area contributed by atoms with Gasteiger partial charge in [-0.3, -0.25) is 9.67 Å². The average molecular weight is 258 g/mol. The van der Waals surface area contributed by atoms with Gasteiger partial charge in [0, 0.05) is 19.0 Å². The molecule has 3 heterocycles. The predicted octanol–water partition coefficient (Wildman–Crippen LogP) is 2.07. The first-order valence-corrected chi connectivity index (χ1v) is 6.68. The average Bonchev–Trinajstić information content (AvgIpc) is 3.10. The molecule has 1 saturated heterocycles. The van der Waals surface area contributed by atoms with Gasteiger partial charge in [-0.25, -0.2) is 0 Å². The molecule has 0 bridgehead atoms. The van der Waals surface area contributed by atoms with E-state index >= 15 is 0 Å². The summed E-state index contributed by atoms with van der Waals surface area (Å²) in [6.45, 7) is 2.44. The number of anilines is 1. The fourth-order valence-corrected chi connectivity index (χ4v) is 2.25. The standard InChI is InChI=1S/C14H18N4O/c1-2-6-15-12(4-1)8-16-13-9-17-18(10-13)11-14-5-3-7-19-14/h1-2,4,6,9-10,14,16H,3,5,7-8,11H2. The van der Waals surface area contributed by atoms with E-state index in [2.05, 4.69) is 15.4 Å². The van der Waals surface area contributed by atoms with E-state index in [1.165, 1.54) is 0 Å². The smallest absolute Gasteiger partial charge is 0.0771 e. The minimum atomic E-state index is 0.323. The van der Waals surface area contributed by atoms with Crippen molar-refractivity contribution in [3.63, 3.8) is 0 Å². The molecule has 1 N–H and O–H groups in total. The van der Waals surface area contributed by atoms with E-state index in [4.69, 9.17) is 4.74 Å². The van der Waals surface area contributed by atoms with Gasteiger partial charge in [0.2, 0.25) is 0 Å². The van der Waals surface area contributed by atoms with Crippen LogP contribution in [0.4, 0.5) is 5.69 Å². The topological polar surface area (TPSA) is 52.0 Å². The van der Waals surface area contributed by atoms with Gasteiger partial charge in [0.05, 0.1) is 36.8 Å². The van der Waals surface area contributed by atoms with Gasteiger partial charge in [0.25, 0.3) is 0 Å². The summed E-state index contributed by atoms with van der Waals surface area (Å²) in [5.41, 5.74) is 2.04.